The van der Waals surface area contributed by atoms with E-state index in [2.05, 4.69) is 5.10 Å². The van der Waals surface area contributed by atoms with E-state index in [1.165, 1.54) is 0 Å². The lowest BCUT2D eigenvalue weighted by Gasteiger charge is -2.16. The maximum absolute atomic E-state index is 14.0. The van der Waals surface area contributed by atoms with Gasteiger partial charge in [0, 0.05) is 18.0 Å². The second-order valence-electron chi connectivity index (χ2n) is 5.00. The van der Waals surface area contributed by atoms with Gasteiger partial charge in [-0.1, -0.05) is 6.92 Å². The highest BCUT2D eigenvalue weighted by molar-refractivity contribution is 5.39. The molecule has 0 saturated carbocycles. The van der Waals surface area contributed by atoms with Crippen molar-refractivity contribution < 1.29 is 17.6 Å². The summed E-state index contributed by atoms with van der Waals surface area (Å²) in [5, 5.41) is 3.71. The Balaban J connectivity index is 2.67. The number of halogens is 4. The van der Waals surface area contributed by atoms with Crippen LogP contribution in [-0.2, 0) is 5.92 Å². The van der Waals surface area contributed by atoms with Crippen LogP contribution in [0.4, 0.5) is 17.6 Å². The zero-order chi connectivity index (χ0) is 13.7. The third-order valence-electron chi connectivity index (χ3n) is 3.42. The summed E-state index contributed by atoms with van der Waals surface area (Å²) in [7, 11) is 0. The summed E-state index contributed by atoms with van der Waals surface area (Å²) in [6.45, 7) is 5.06. The van der Waals surface area contributed by atoms with Gasteiger partial charge in [-0.3, -0.25) is 4.68 Å². The van der Waals surface area contributed by atoms with Crippen LogP contribution in [0.1, 0.15) is 68.9 Å². The van der Waals surface area contributed by atoms with Crippen molar-refractivity contribution in [2.24, 2.45) is 0 Å². The molecule has 0 bridgehead atoms. The fourth-order valence-corrected chi connectivity index (χ4v) is 2.62. The number of aromatic nitrogens is 2. The minimum Gasteiger partial charge on any atom is -0.260 e. The molecule has 2 rings (SSSR count). The van der Waals surface area contributed by atoms with Crippen molar-refractivity contribution in [3.8, 4) is 0 Å². The van der Waals surface area contributed by atoms with Crippen LogP contribution >= 0.6 is 0 Å². The van der Waals surface area contributed by atoms with Gasteiger partial charge < -0.3 is 0 Å². The van der Waals surface area contributed by atoms with Gasteiger partial charge in [0.05, 0.1) is 0 Å². The first kappa shape index (κ1) is 13.4. The molecule has 0 unspecified atom stereocenters. The highest BCUT2D eigenvalue weighted by Crippen LogP contribution is 2.52. The van der Waals surface area contributed by atoms with Crippen molar-refractivity contribution in [2.75, 3.05) is 0 Å². The van der Waals surface area contributed by atoms with E-state index in [-0.39, 0.29) is 23.7 Å². The molecular weight excluding hydrogens is 248 g/mol. The van der Waals surface area contributed by atoms with E-state index < -0.39 is 24.0 Å². The Morgan fingerprint density at radius 3 is 2.44 bits per heavy atom. The molecule has 1 aromatic rings. The minimum atomic E-state index is -3.06. The van der Waals surface area contributed by atoms with Crippen LogP contribution in [0.2, 0.25) is 0 Å². The van der Waals surface area contributed by atoms with Crippen LogP contribution in [0.5, 0.6) is 0 Å². The van der Waals surface area contributed by atoms with Crippen molar-refractivity contribution in [2.45, 2.75) is 57.9 Å². The molecule has 0 aliphatic heterocycles. The first-order chi connectivity index (χ1) is 8.29. The number of hydrogen-bond donors (Lipinski definition) is 0. The van der Waals surface area contributed by atoms with E-state index in [4.69, 9.17) is 0 Å². The first-order valence-electron chi connectivity index (χ1n) is 6.08. The van der Waals surface area contributed by atoms with E-state index in [9.17, 15) is 17.6 Å². The van der Waals surface area contributed by atoms with Gasteiger partial charge in [0.2, 0.25) is 0 Å². The van der Waals surface area contributed by atoms with Crippen LogP contribution in [0.25, 0.3) is 0 Å². The smallest absolute Gasteiger partial charge is 0.260 e. The number of hydrogen-bond acceptors (Lipinski definition) is 1. The quantitative estimate of drug-likeness (QED) is 0.740. The lowest BCUT2D eigenvalue weighted by atomic mass is 9.99. The fourth-order valence-electron chi connectivity index (χ4n) is 2.62. The Bertz CT molecular complexity index is 451. The van der Waals surface area contributed by atoms with Crippen molar-refractivity contribution >= 4 is 0 Å². The Morgan fingerprint density at radius 1 is 1.39 bits per heavy atom. The highest BCUT2D eigenvalue weighted by atomic mass is 19.3. The number of fused-ring (bicyclic) bond motifs is 1. The summed E-state index contributed by atoms with van der Waals surface area (Å²) < 4.78 is 54.9. The second kappa shape index (κ2) is 4.24. The van der Waals surface area contributed by atoms with E-state index in [0.29, 0.717) is 6.42 Å². The molecule has 2 nitrogen and oxygen atoms in total. The summed E-state index contributed by atoms with van der Waals surface area (Å²) in [6, 6.07) is -0.354. The molecule has 0 N–H and O–H groups in total. The van der Waals surface area contributed by atoms with E-state index in [1.807, 2.05) is 0 Å². The molecule has 0 radical (unpaired) electrons. The van der Waals surface area contributed by atoms with Gasteiger partial charge in [0.25, 0.3) is 12.3 Å². The molecule has 0 amide bonds. The third-order valence-corrected chi connectivity index (χ3v) is 3.42. The molecule has 1 aromatic heterocycles. The van der Waals surface area contributed by atoms with E-state index in [1.54, 1.807) is 20.8 Å². The van der Waals surface area contributed by atoms with Gasteiger partial charge in [0.1, 0.15) is 11.4 Å². The maximum atomic E-state index is 14.0. The first-order valence-corrected chi connectivity index (χ1v) is 6.08. The van der Waals surface area contributed by atoms with Gasteiger partial charge >= 0.3 is 0 Å². The Hall–Kier alpha value is -1.07. The average molecular weight is 264 g/mol. The summed E-state index contributed by atoms with van der Waals surface area (Å²) in [5.74, 6) is -3.58. The van der Waals surface area contributed by atoms with E-state index >= 15 is 0 Å². The average Bonchev–Trinajstić information content (AvgIpc) is 2.76. The maximum Gasteiger partial charge on any atom is 0.290 e. The topological polar surface area (TPSA) is 17.8 Å². The van der Waals surface area contributed by atoms with E-state index in [0.717, 1.165) is 4.68 Å². The molecule has 6 heteroatoms. The predicted octanol–water partition coefficient (Wildman–Crippen LogP) is 4.39. The van der Waals surface area contributed by atoms with Crippen molar-refractivity contribution in [3.05, 3.63) is 17.0 Å². The van der Waals surface area contributed by atoms with Crippen LogP contribution in [0.15, 0.2) is 0 Å². The molecule has 1 aliphatic carbocycles. The molecule has 0 spiro atoms. The lowest BCUT2D eigenvalue weighted by Crippen LogP contribution is -2.18. The summed E-state index contributed by atoms with van der Waals surface area (Å²) in [5.41, 5.74) is -0.700. The number of nitrogens with zero attached hydrogens (tertiary/aromatic N) is 2. The molecule has 1 heterocycles. The Morgan fingerprint density at radius 2 is 2.00 bits per heavy atom. The van der Waals surface area contributed by atoms with Gasteiger partial charge in [-0.05, 0) is 26.2 Å². The number of alkyl halides is 4. The van der Waals surface area contributed by atoms with Gasteiger partial charge in [-0.25, -0.2) is 8.78 Å². The predicted molar refractivity (Wildman–Crippen MR) is 59.1 cm³/mol. The third kappa shape index (κ3) is 1.82. The summed E-state index contributed by atoms with van der Waals surface area (Å²) in [4.78, 5) is 0. The normalized spacial score (nSPS) is 21.9. The summed E-state index contributed by atoms with van der Waals surface area (Å²) in [6.07, 6.45) is -2.77. The van der Waals surface area contributed by atoms with Crippen LogP contribution in [-0.4, -0.2) is 9.78 Å². The Labute approximate surface area is 103 Å². The molecule has 0 aromatic carbocycles. The van der Waals surface area contributed by atoms with Gasteiger partial charge in [0.15, 0.2) is 0 Å². The van der Waals surface area contributed by atoms with Crippen LogP contribution in [0, 0.1) is 0 Å². The monoisotopic (exact) mass is 264 g/mol. The standard InChI is InChI=1S/C12H16F4N2/c1-4-7-5-12(15,16)10-8(7)9(11(13)14)17-18(10)6(2)3/h6-7,11H,4-5H2,1-3H3/t7-/m1/s1. The molecule has 18 heavy (non-hydrogen) atoms. The Kier molecular flexibility index (Phi) is 3.15. The van der Waals surface area contributed by atoms with Crippen LogP contribution < -0.4 is 0 Å². The zero-order valence-electron chi connectivity index (χ0n) is 10.6. The molecule has 0 fully saturated rings. The molecule has 1 atom stereocenters. The van der Waals surface area contributed by atoms with Crippen molar-refractivity contribution in [3.63, 3.8) is 0 Å². The fraction of sp³-hybridized carbons (Fsp3) is 0.750. The molecule has 102 valence electrons. The minimum absolute atomic E-state index is 0.0752. The molecule has 1 aliphatic rings. The lowest BCUT2D eigenvalue weighted by molar-refractivity contribution is -0.0168. The van der Waals surface area contributed by atoms with Crippen molar-refractivity contribution in [1.82, 2.24) is 9.78 Å². The van der Waals surface area contributed by atoms with Crippen molar-refractivity contribution in [1.29, 1.82) is 0 Å². The number of rotatable bonds is 3. The summed E-state index contributed by atoms with van der Waals surface area (Å²) >= 11 is 0. The SMILES string of the molecule is CC[C@@H]1CC(F)(F)c2c1c(C(F)F)nn2C(C)C. The zero-order valence-corrected chi connectivity index (χ0v) is 10.6. The largest absolute Gasteiger partial charge is 0.290 e. The molecule has 0 saturated heterocycles. The van der Waals surface area contributed by atoms with Gasteiger partial charge in [-0.15, -0.1) is 0 Å². The van der Waals surface area contributed by atoms with Crippen LogP contribution in [0.3, 0.4) is 0 Å². The van der Waals surface area contributed by atoms with Gasteiger partial charge in [-0.2, -0.15) is 13.9 Å². The second-order valence-corrected chi connectivity index (χ2v) is 5.00. The highest BCUT2D eigenvalue weighted by Gasteiger charge is 2.50. The molecular formula is C12H16F4N2.